The number of carboxylic acid groups (broad SMARTS) is 1. The number of carbonyl (C=O) groups excluding carboxylic acids is 3. The molecule has 0 spiro atoms. The highest BCUT2D eigenvalue weighted by molar-refractivity contribution is 5.88. The average Bonchev–Trinajstić information content (AvgIpc) is 2.63. The van der Waals surface area contributed by atoms with Crippen LogP contribution in [-0.2, 0) is 30.5 Å². The van der Waals surface area contributed by atoms with E-state index in [1.54, 1.807) is 30.3 Å². The Hall–Kier alpha value is -2.90. The summed E-state index contributed by atoms with van der Waals surface area (Å²) in [6, 6.07) is 7.19. The van der Waals surface area contributed by atoms with Gasteiger partial charge in [-0.05, 0) is 12.0 Å². The minimum atomic E-state index is -1.63. The summed E-state index contributed by atoms with van der Waals surface area (Å²) >= 11 is 0. The number of aldehydes is 1. The summed E-state index contributed by atoms with van der Waals surface area (Å²) in [4.78, 5) is 46.3. The first kappa shape index (κ1) is 21.1. The quantitative estimate of drug-likeness (QED) is 0.349. The Kier molecular flexibility index (Phi) is 9.45. The van der Waals surface area contributed by atoms with Crippen LogP contribution in [0.5, 0.6) is 0 Å². The van der Waals surface area contributed by atoms with E-state index < -0.39 is 30.0 Å². The van der Waals surface area contributed by atoms with Crippen molar-refractivity contribution in [3.8, 4) is 0 Å². The standard InChI is InChI=1S/C18H23NO7/c1-2-3-11-25-17(23)14(9-10-20)15(16(21)22)19-18(24)26-12-13-7-5-4-6-8-13/h4-8,10,14-15H,2-3,9,11-12H2,1H3,(H,19,24)(H,21,22)/t14-,15?/m0/s1. The van der Waals surface area contributed by atoms with Gasteiger partial charge in [0.05, 0.1) is 12.5 Å². The summed E-state index contributed by atoms with van der Waals surface area (Å²) < 4.78 is 9.95. The Bertz CT molecular complexity index is 603. The lowest BCUT2D eigenvalue weighted by molar-refractivity contribution is -0.156. The number of unbranched alkanes of at least 4 members (excludes halogenated alkanes) is 1. The Balaban J connectivity index is 2.70. The normalized spacial score (nSPS) is 12.5. The molecule has 0 saturated carbocycles. The highest BCUT2D eigenvalue weighted by atomic mass is 16.6. The monoisotopic (exact) mass is 365 g/mol. The van der Waals surface area contributed by atoms with Gasteiger partial charge in [0.2, 0.25) is 0 Å². The van der Waals surface area contributed by atoms with Crippen molar-refractivity contribution in [2.24, 2.45) is 5.92 Å². The topological polar surface area (TPSA) is 119 Å². The smallest absolute Gasteiger partial charge is 0.408 e. The molecule has 0 aromatic heterocycles. The third-order valence-corrected chi connectivity index (χ3v) is 3.55. The van der Waals surface area contributed by atoms with Gasteiger partial charge in [0.15, 0.2) is 0 Å². The van der Waals surface area contributed by atoms with Crippen LogP contribution in [0.1, 0.15) is 31.7 Å². The van der Waals surface area contributed by atoms with Crippen molar-refractivity contribution >= 4 is 24.3 Å². The highest BCUT2D eigenvalue weighted by Crippen LogP contribution is 2.12. The molecule has 1 rings (SSSR count). The van der Waals surface area contributed by atoms with Gasteiger partial charge in [0.25, 0.3) is 0 Å². The molecule has 8 nitrogen and oxygen atoms in total. The van der Waals surface area contributed by atoms with Crippen LogP contribution in [0.4, 0.5) is 4.79 Å². The number of esters is 1. The molecular formula is C18H23NO7. The Morgan fingerprint density at radius 2 is 1.88 bits per heavy atom. The van der Waals surface area contributed by atoms with Gasteiger partial charge in [-0.3, -0.25) is 4.79 Å². The van der Waals surface area contributed by atoms with Crippen LogP contribution in [0, 0.1) is 5.92 Å². The van der Waals surface area contributed by atoms with Crippen LogP contribution < -0.4 is 5.32 Å². The van der Waals surface area contributed by atoms with E-state index in [0.717, 1.165) is 12.0 Å². The largest absolute Gasteiger partial charge is 0.480 e. The Morgan fingerprint density at radius 1 is 1.19 bits per heavy atom. The molecule has 2 atom stereocenters. The Morgan fingerprint density at radius 3 is 2.46 bits per heavy atom. The molecule has 0 aliphatic carbocycles. The third kappa shape index (κ3) is 7.33. The maximum Gasteiger partial charge on any atom is 0.408 e. The fourth-order valence-electron chi connectivity index (χ4n) is 2.12. The van der Waals surface area contributed by atoms with Crippen molar-refractivity contribution in [2.75, 3.05) is 6.61 Å². The third-order valence-electron chi connectivity index (χ3n) is 3.55. The van der Waals surface area contributed by atoms with E-state index in [1.807, 2.05) is 6.92 Å². The molecule has 0 saturated heterocycles. The minimum absolute atomic E-state index is 0.0572. The van der Waals surface area contributed by atoms with E-state index in [9.17, 15) is 24.3 Å². The predicted octanol–water partition coefficient (Wildman–Crippen LogP) is 1.91. The summed E-state index contributed by atoms with van der Waals surface area (Å²) in [5.41, 5.74) is 0.720. The van der Waals surface area contributed by atoms with Gasteiger partial charge in [0.1, 0.15) is 18.9 Å². The zero-order valence-corrected chi connectivity index (χ0v) is 14.6. The molecule has 2 N–H and O–H groups in total. The molecule has 26 heavy (non-hydrogen) atoms. The second-order valence-electron chi connectivity index (χ2n) is 5.55. The van der Waals surface area contributed by atoms with Gasteiger partial charge in [0, 0.05) is 6.42 Å². The number of hydrogen-bond donors (Lipinski definition) is 2. The van der Waals surface area contributed by atoms with Crippen LogP contribution in [-0.4, -0.2) is 42.1 Å². The molecule has 1 aromatic carbocycles. The first-order chi connectivity index (χ1) is 12.5. The maximum absolute atomic E-state index is 12.1. The van der Waals surface area contributed by atoms with Crippen LogP contribution in [0.3, 0.4) is 0 Å². The second-order valence-corrected chi connectivity index (χ2v) is 5.55. The number of alkyl carbamates (subject to hydrolysis) is 1. The first-order valence-electron chi connectivity index (χ1n) is 8.29. The fourth-order valence-corrected chi connectivity index (χ4v) is 2.12. The fraction of sp³-hybridized carbons (Fsp3) is 0.444. The first-order valence-corrected chi connectivity index (χ1v) is 8.29. The van der Waals surface area contributed by atoms with Gasteiger partial charge >= 0.3 is 18.0 Å². The number of nitrogens with one attached hydrogen (secondary N) is 1. The molecule has 0 aliphatic heterocycles. The molecule has 0 heterocycles. The summed E-state index contributed by atoms with van der Waals surface area (Å²) in [5.74, 6) is -3.63. The van der Waals surface area contributed by atoms with Gasteiger partial charge in [-0.15, -0.1) is 0 Å². The van der Waals surface area contributed by atoms with E-state index >= 15 is 0 Å². The van der Waals surface area contributed by atoms with Crippen molar-refractivity contribution in [3.05, 3.63) is 35.9 Å². The molecule has 142 valence electrons. The predicted molar refractivity (Wildman–Crippen MR) is 91.2 cm³/mol. The molecular weight excluding hydrogens is 342 g/mol. The summed E-state index contributed by atoms with van der Waals surface area (Å²) in [5, 5.41) is 11.5. The van der Waals surface area contributed by atoms with Gasteiger partial charge < -0.3 is 24.7 Å². The number of aliphatic carboxylic acids is 1. The highest BCUT2D eigenvalue weighted by Gasteiger charge is 2.36. The average molecular weight is 365 g/mol. The van der Waals surface area contributed by atoms with Crippen LogP contribution in [0.25, 0.3) is 0 Å². The zero-order chi connectivity index (χ0) is 19.4. The number of ether oxygens (including phenoxy) is 2. The number of amides is 1. The van der Waals surface area contributed by atoms with Crippen LogP contribution in [0.15, 0.2) is 30.3 Å². The molecule has 0 bridgehead atoms. The number of benzene rings is 1. The number of carbonyl (C=O) groups is 4. The van der Waals surface area contributed by atoms with E-state index in [-0.39, 0.29) is 19.6 Å². The summed E-state index contributed by atoms with van der Waals surface area (Å²) in [6.07, 6.45) is 0.431. The molecule has 0 aliphatic rings. The summed E-state index contributed by atoms with van der Waals surface area (Å²) in [6.45, 7) is 1.97. The molecule has 1 amide bonds. The number of rotatable bonds is 11. The SMILES string of the molecule is CCCCOC(=O)[C@@H](CC=O)C(NC(=O)OCc1ccccc1)C(=O)O. The molecule has 0 fully saturated rings. The minimum Gasteiger partial charge on any atom is -0.480 e. The van der Waals surface area contributed by atoms with Gasteiger partial charge in [-0.25, -0.2) is 9.59 Å². The van der Waals surface area contributed by atoms with Crippen molar-refractivity contribution in [3.63, 3.8) is 0 Å². The van der Waals surface area contributed by atoms with Crippen molar-refractivity contribution in [2.45, 2.75) is 38.8 Å². The number of hydrogen-bond acceptors (Lipinski definition) is 6. The van der Waals surface area contributed by atoms with Crippen molar-refractivity contribution in [1.29, 1.82) is 0 Å². The molecule has 1 unspecified atom stereocenters. The van der Waals surface area contributed by atoms with E-state index in [2.05, 4.69) is 5.32 Å². The van der Waals surface area contributed by atoms with E-state index in [0.29, 0.717) is 12.7 Å². The van der Waals surface area contributed by atoms with Crippen molar-refractivity contribution in [1.82, 2.24) is 5.32 Å². The summed E-state index contributed by atoms with van der Waals surface area (Å²) in [7, 11) is 0. The zero-order valence-electron chi connectivity index (χ0n) is 14.6. The van der Waals surface area contributed by atoms with Crippen LogP contribution in [0.2, 0.25) is 0 Å². The second kappa shape index (κ2) is 11.6. The van der Waals surface area contributed by atoms with Gasteiger partial charge in [-0.2, -0.15) is 0 Å². The van der Waals surface area contributed by atoms with Gasteiger partial charge in [-0.1, -0.05) is 43.7 Å². The van der Waals surface area contributed by atoms with Crippen molar-refractivity contribution < 1.29 is 33.8 Å². The van der Waals surface area contributed by atoms with Crippen LogP contribution >= 0.6 is 0 Å². The Labute approximate surface area is 151 Å². The number of carboxylic acids is 1. The molecule has 1 aromatic rings. The lowest BCUT2D eigenvalue weighted by Gasteiger charge is -2.21. The molecule has 8 heteroatoms. The van der Waals surface area contributed by atoms with E-state index in [4.69, 9.17) is 9.47 Å². The van der Waals surface area contributed by atoms with E-state index in [1.165, 1.54) is 0 Å². The molecule has 0 radical (unpaired) electrons. The lowest BCUT2D eigenvalue weighted by atomic mass is 9.97. The lowest BCUT2D eigenvalue weighted by Crippen LogP contribution is -2.49. The maximum atomic E-state index is 12.1.